The number of hydrogen-bond donors (Lipinski definition) is 0. The van der Waals surface area contributed by atoms with E-state index in [1.165, 1.54) is 11.8 Å². The van der Waals surface area contributed by atoms with E-state index in [1.54, 1.807) is 22.5 Å². The number of carbonyl (C=O) groups is 1. The van der Waals surface area contributed by atoms with Gasteiger partial charge in [0.1, 0.15) is 21.8 Å². The maximum atomic E-state index is 13.5. The molecule has 0 radical (unpaired) electrons. The van der Waals surface area contributed by atoms with E-state index in [0.29, 0.717) is 32.9 Å². The van der Waals surface area contributed by atoms with E-state index in [-0.39, 0.29) is 17.0 Å². The molecule has 188 valence electrons. The summed E-state index contributed by atoms with van der Waals surface area (Å²) in [5.41, 5.74) is 2.05. The second-order valence-corrected chi connectivity index (χ2v) is 11.1. The molecule has 2 aliphatic rings. The number of rotatable bonds is 7. The molecule has 4 rings (SSSR count). The monoisotopic (exact) mass is 540 g/mol. The smallest absolute Gasteiger partial charge is 0.270 e. The number of piperidine rings is 1. The van der Waals surface area contributed by atoms with Crippen LogP contribution in [0.2, 0.25) is 5.02 Å². The summed E-state index contributed by atoms with van der Waals surface area (Å²) in [5, 5.41) is 10.4. The maximum Gasteiger partial charge on any atom is 0.270 e. The topological polar surface area (TPSA) is 69.3 Å². The molecule has 2 aliphatic heterocycles. The van der Waals surface area contributed by atoms with Crippen LogP contribution in [0.15, 0.2) is 34.0 Å². The largest absolute Gasteiger partial charge is 0.357 e. The quantitative estimate of drug-likeness (QED) is 0.323. The zero-order valence-corrected chi connectivity index (χ0v) is 22.9. The van der Waals surface area contributed by atoms with E-state index in [1.807, 2.05) is 24.3 Å². The molecule has 0 atom stereocenters. The Morgan fingerprint density at radius 3 is 2.58 bits per heavy atom. The summed E-state index contributed by atoms with van der Waals surface area (Å²) in [5.74, 6) is 0.611. The van der Waals surface area contributed by atoms with Crippen LogP contribution in [0.1, 0.15) is 61.3 Å². The molecule has 0 bridgehead atoms. The van der Waals surface area contributed by atoms with Gasteiger partial charge in [0.25, 0.3) is 11.5 Å². The SMILES string of the molecule is CCCCn1c(N2CCCCC2)c(C=C2SC(=S)N(Cc3ccccc3Cl)C2=O)c(C)c(C#N)c1=O. The van der Waals surface area contributed by atoms with Gasteiger partial charge in [-0.1, -0.05) is 67.1 Å². The first kappa shape index (κ1) is 26.5. The Labute approximate surface area is 226 Å². The number of carbonyl (C=O) groups excluding carboxylic acids is 1. The number of thiocarbonyl (C=S) groups is 1. The number of halogens is 1. The van der Waals surface area contributed by atoms with Crippen LogP contribution in [0, 0.1) is 18.3 Å². The van der Waals surface area contributed by atoms with Crippen molar-refractivity contribution in [3.05, 3.63) is 66.8 Å². The van der Waals surface area contributed by atoms with Crippen LogP contribution in [0.25, 0.3) is 6.08 Å². The molecule has 0 saturated carbocycles. The molecule has 1 aromatic heterocycles. The minimum atomic E-state index is -0.257. The lowest BCUT2D eigenvalue weighted by molar-refractivity contribution is -0.122. The van der Waals surface area contributed by atoms with Gasteiger partial charge in [-0.15, -0.1) is 0 Å². The first-order valence-electron chi connectivity index (χ1n) is 12.3. The Kier molecular flexibility index (Phi) is 8.55. The fourth-order valence-electron chi connectivity index (χ4n) is 4.68. The second-order valence-electron chi connectivity index (χ2n) is 9.07. The molecular weight excluding hydrogens is 512 g/mol. The highest BCUT2D eigenvalue weighted by Crippen LogP contribution is 2.37. The Bertz CT molecular complexity index is 1320. The third-order valence-corrected chi connectivity index (χ3v) is 8.42. The van der Waals surface area contributed by atoms with Crippen LogP contribution in [0.4, 0.5) is 5.82 Å². The number of nitriles is 1. The van der Waals surface area contributed by atoms with Crippen molar-refractivity contribution >= 4 is 57.7 Å². The zero-order chi connectivity index (χ0) is 25.8. The van der Waals surface area contributed by atoms with Gasteiger partial charge in [-0.25, -0.2) is 0 Å². The highest BCUT2D eigenvalue weighted by Gasteiger charge is 2.34. The fourth-order valence-corrected chi connectivity index (χ4v) is 6.11. The number of benzene rings is 1. The summed E-state index contributed by atoms with van der Waals surface area (Å²) in [6, 6.07) is 9.52. The number of aromatic nitrogens is 1. The van der Waals surface area contributed by atoms with E-state index >= 15 is 0 Å². The van der Waals surface area contributed by atoms with Crippen LogP contribution in [-0.2, 0) is 17.9 Å². The van der Waals surface area contributed by atoms with Gasteiger partial charge in [-0.2, -0.15) is 5.26 Å². The van der Waals surface area contributed by atoms with Crippen molar-refractivity contribution in [2.24, 2.45) is 0 Å². The molecule has 6 nitrogen and oxygen atoms in total. The lowest BCUT2D eigenvalue weighted by Gasteiger charge is -2.33. The summed E-state index contributed by atoms with van der Waals surface area (Å²) in [7, 11) is 0. The van der Waals surface area contributed by atoms with Gasteiger partial charge in [-0.3, -0.25) is 19.1 Å². The highest BCUT2D eigenvalue weighted by molar-refractivity contribution is 8.26. The van der Waals surface area contributed by atoms with Crippen molar-refractivity contribution in [1.29, 1.82) is 5.26 Å². The van der Waals surface area contributed by atoms with Crippen molar-refractivity contribution in [3.8, 4) is 6.07 Å². The first-order valence-corrected chi connectivity index (χ1v) is 13.9. The van der Waals surface area contributed by atoms with E-state index in [2.05, 4.69) is 17.9 Å². The number of amides is 1. The average Bonchev–Trinajstić information content (AvgIpc) is 3.14. The number of nitrogens with zero attached hydrogens (tertiary/aromatic N) is 4. The molecule has 0 spiro atoms. The minimum absolute atomic E-state index is 0.129. The van der Waals surface area contributed by atoms with Gasteiger partial charge in [-0.05, 0) is 55.9 Å². The second kappa shape index (κ2) is 11.6. The molecule has 9 heteroatoms. The third-order valence-electron chi connectivity index (χ3n) is 6.67. The normalized spacial score (nSPS) is 17.2. The van der Waals surface area contributed by atoms with Crippen LogP contribution >= 0.6 is 35.6 Å². The number of anilines is 1. The standard InChI is InChI=1S/C27H29ClN4O2S2/c1-3-4-14-31-24(30-12-8-5-9-13-30)20(18(2)21(16-29)25(31)33)15-23-26(34)32(27(35)36-23)17-19-10-6-7-11-22(19)28/h6-7,10-11,15H,3-5,8-9,12-14,17H2,1-2H3. The van der Waals surface area contributed by atoms with Crippen molar-refractivity contribution in [1.82, 2.24) is 9.47 Å². The minimum Gasteiger partial charge on any atom is -0.357 e. The van der Waals surface area contributed by atoms with Crippen LogP contribution in [0.5, 0.6) is 0 Å². The maximum absolute atomic E-state index is 13.5. The lowest BCUT2D eigenvalue weighted by atomic mass is 10.0. The average molecular weight is 541 g/mol. The number of pyridine rings is 1. The van der Waals surface area contributed by atoms with Crippen LogP contribution in [0.3, 0.4) is 0 Å². The van der Waals surface area contributed by atoms with Crippen molar-refractivity contribution < 1.29 is 4.79 Å². The molecule has 2 saturated heterocycles. The molecule has 2 fully saturated rings. The van der Waals surface area contributed by atoms with Gasteiger partial charge in [0, 0.05) is 30.2 Å². The van der Waals surface area contributed by atoms with Crippen molar-refractivity contribution in [2.45, 2.75) is 59.0 Å². The third kappa shape index (κ3) is 5.24. The Hall–Kier alpha value is -2.60. The summed E-state index contributed by atoms with van der Waals surface area (Å²) in [6.45, 7) is 6.38. The van der Waals surface area contributed by atoms with Crippen molar-refractivity contribution in [2.75, 3.05) is 18.0 Å². The molecule has 36 heavy (non-hydrogen) atoms. The molecule has 0 aliphatic carbocycles. The van der Waals surface area contributed by atoms with E-state index in [9.17, 15) is 14.9 Å². The van der Waals surface area contributed by atoms with Gasteiger partial charge >= 0.3 is 0 Å². The summed E-state index contributed by atoms with van der Waals surface area (Å²) < 4.78 is 2.21. The summed E-state index contributed by atoms with van der Waals surface area (Å²) in [4.78, 5) is 31.1. The highest BCUT2D eigenvalue weighted by atomic mass is 35.5. The Morgan fingerprint density at radius 1 is 1.19 bits per heavy atom. The predicted octanol–water partition coefficient (Wildman–Crippen LogP) is 5.87. The zero-order valence-electron chi connectivity index (χ0n) is 20.6. The number of unbranched alkanes of at least 4 members (excludes halogenated alkanes) is 1. The van der Waals surface area contributed by atoms with E-state index in [0.717, 1.165) is 62.1 Å². The Morgan fingerprint density at radius 2 is 1.92 bits per heavy atom. The van der Waals surface area contributed by atoms with Gasteiger partial charge in [0.15, 0.2) is 0 Å². The van der Waals surface area contributed by atoms with Crippen LogP contribution in [-0.4, -0.2) is 32.8 Å². The van der Waals surface area contributed by atoms with Gasteiger partial charge < -0.3 is 4.90 Å². The Balaban J connectivity index is 1.82. The summed E-state index contributed by atoms with van der Waals surface area (Å²) in [6.07, 6.45) is 6.82. The molecule has 0 unspecified atom stereocenters. The van der Waals surface area contributed by atoms with Crippen LogP contribution < -0.4 is 10.5 Å². The first-order chi connectivity index (χ1) is 17.4. The number of hydrogen-bond acceptors (Lipinski definition) is 6. The van der Waals surface area contributed by atoms with Gasteiger partial charge in [0.2, 0.25) is 0 Å². The molecule has 2 aromatic rings. The number of thioether (sulfide) groups is 1. The molecular formula is C27H29ClN4O2S2. The lowest BCUT2D eigenvalue weighted by Crippen LogP contribution is -2.37. The summed E-state index contributed by atoms with van der Waals surface area (Å²) >= 11 is 13.1. The molecule has 1 aromatic carbocycles. The van der Waals surface area contributed by atoms with Crippen molar-refractivity contribution in [3.63, 3.8) is 0 Å². The van der Waals surface area contributed by atoms with E-state index in [4.69, 9.17) is 23.8 Å². The van der Waals surface area contributed by atoms with Gasteiger partial charge in [0.05, 0.1) is 11.4 Å². The molecule has 3 heterocycles. The molecule has 1 amide bonds. The van der Waals surface area contributed by atoms with E-state index < -0.39 is 0 Å². The predicted molar refractivity (Wildman–Crippen MR) is 151 cm³/mol. The fraction of sp³-hybridized carbons (Fsp3) is 0.407. The molecule has 0 N–H and O–H groups in total.